The van der Waals surface area contributed by atoms with Crippen LogP contribution in [-0.4, -0.2) is 50.3 Å². The Hall–Kier alpha value is -3.26. The molecule has 0 saturated carbocycles. The molecule has 0 radical (unpaired) electrons. The van der Waals surface area contributed by atoms with Crippen molar-refractivity contribution in [3.05, 3.63) is 59.9 Å². The fraction of sp³-hybridized carbons (Fsp3) is 0.333. The standard InChI is InChI=1S/C24H25F2N5O/c1-15-23(20-11-16-5-2-3-7-19(16)31(20)14-21(25)26)28-22-12-17(8-10-30(15)22)24(32)29-9-4-6-18(27)13-29/h2-3,5,7-8,10-12,18,21H,4,6,9,13-14,27H2,1H3/t18-/m1/s1. The van der Waals surface area contributed by atoms with Crippen molar-refractivity contribution >= 4 is 22.5 Å². The number of alkyl halides is 2. The highest BCUT2D eigenvalue weighted by atomic mass is 19.3. The molecule has 1 atom stereocenters. The molecule has 2 N–H and O–H groups in total. The number of hydrogen-bond acceptors (Lipinski definition) is 3. The molecule has 0 bridgehead atoms. The quantitative estimate of drug-likeness (QED) is 0.523. The number of hydrogen-bond donors (Lipinski definition) is 1. The molecule has 1 aliphatic heterocycles. The van der Waals surface area contributed by atoms with Gasteiger partial charge in [-0.25, -0.2) is 13.8 Å². The van der Waals surface area contributed by atoms with Crippen LogP contribution in [0.2, 0.25) is 0 Å². The molecule has 166 valence electrons. The number of aromatic nitrogens is 3. The number of rotatable bonds is 4. The Balaban J connectivity index is 1.58. The van der Waals surface area contributed by atoms with Gasteiger partial charge in [-0.2, -0.15) is 0 Å². The monoisotopic (exact) mass is 437 g/mol. The van der Waals surface area contributed by atoms with E-state index in [-0.39, 0.29) is 11.9 Å². The van der Waals surface area contributed by atoms with E-state index >= 15 is 0 Å². The van der Waals surface area contributed by atoms with Gasteiger partial charge in [0.05, 0.1) is 12.2 Å². The van der Waals surface area contributed by atoms with E-state index in [1.54, 1.807) is 21.6 Å². The first-order chi connectivity index (χ1) is 15.4. The summed E-state index contributed by atoms with van der Waals surface area (Å²) in [5.74, 6) is -0.0586. The van der Waals surface area contributed by atoms with E-state index < -0.39 is 13.0 Å². The zero-order valence-corrected chi connectivity index (χ0v) is 17.8. The number of aryl methyl sites for hydroxylation is 1. The summed E-state index contributed by atoms with van der Waals surface area (Å²) in [4.78, 5) is 19.5. The van der Waals surface area contributed by atoms with E-state index in [9.17, 15) is 13.6 Å². The topological polar surface area (TPSA) is 68.6 Å². The van der Waals surface area contributed by atoms with Gasteiger partial charge in [0.15, 0.2) is 0 Å². The van der Waals surface area contributed by atoms with Gasteiger partial charge in [-0.1, -0.05) is 18.2 Å². The van der Waals surface area contributed by atoms with Crippen LogP contribution in [0, 0.1) is 6.92 Å². The first kappa shape index (κ1) is 20.6. The number of carbonyl (C=O) groups is 1. The Kier molecular flexibility index (Phi) is 5.17. The Morgan fingerprint density at radius 1 is 1.25 bits per heavy atom. The van der Waals surface area contributed by atoms with Crippen LogP contribution in [0.5, 0.6) is 0 Å². The van der Waals surface area contributed by atoms with Crippen LogP contribution in [-0.2, 0) is 6.54 Å². The Morgan fingerprint density at radius 3 is 2.84 bits per heavy atom. The molecular weight excluding hydrogens is 412 g/mol. The van der Waals surface area contributed by atoms with Crippen molar-refractivity contribution in [3.8, 4) is 11.4 Å². The number of piperidine rings is 1. The zero-order valence-electron chi connectivity index (χ0n) is 17.8. The van der Waals surface area contributed by atoms with Crippen molar-refractivity contribution < 1.29 is 13.6 Å². The summed E-state index contributed by atoms with van der Waals surface area (Å²) in [6.07, 6.45) is 1.16. The number of likely N-dealkylation sites (tertiary alicyclic amines) is 1. The number of carbonyl (C=O) groups excluding carboxylic acids is 1. The minimum atomic E-state index is -2.48. The molecule has 1 amide bonds. The fourth-order valence-electron chi connectivity index (χ4n) is 4.66. The number of amides is 1. The number of pyridine rings is 1. The average Bonchev–Trinajstić information content (AvgIpc) is 3.30. The SMILES string of the molecule is Cc1c(-c2cc3ccccc3n2CC(F)F)nc2cc(C(=O)N3CCC[C@@H](N)C3)ccn12. The molecule has 4 aromatic rings. The first-order valence-corrected chi connectivity index (χ1v) is 10.8. The van der Waals surface area contributed by atoms with E-state index in [2.05, 4.69) is 0 Å². The summed E-state index contributed by atoms with van der Waals surface area (Å²) >= 11 is 0. The minimum absolute atomic E-state index is 0.00783. The van der Waals surface area contributed by atoms with Gasteiger partial charge in [0.2, 0.25) is 0 Å². The lowest BCUT2D eigenvalue weighted by Gasteiger charge is -2.30. The van der Waals surface area contributed by atoms with Crippen molar-refractivity contribution in [1.82, 2.24) is 18.9 Å². The van der Waals surface area contributed by atoms with Crippen LogP contribution in [0.1, 0.15) is 28.9 Å². The molecule has 32 heavy (non-hydrogen) atoms. The Labute approximate surface area is 184 Å². The Bertz CT molecular complexity index is 1310. The number of imidazole rings is 1. The summed E-state index contributed by atoms with van der Waals surface area (Å²) in [6, 6.07) is 12.9. The summed E-state index contributed by atoms with van der Waals surface area (Å²) in [5.41, 5.74) is 10.0. The van der Waals surface area contributed by atoms with E-state index in [0.29, 0.717) is 35.7 Å². The van der Waals surface area contributed by atoms with Crippen molar-refractivity contribution in [3.63, 3.8) is 0 Å². The van der Waals surface area contributed by atoms with Crippen LogP contribution in [0.15, 0.2) is 48.7 Å². The third kappa shape index (κ3) is 3.54. The molecule has 4 heterocycles. The van der Waals surface area contributed by atoms with Gasteiger partial charge in [0, 0.05) is 47.5 Å². The normalized spacial score (nSPS) is 17.0. The van der Waals surface area contributed by atoms with Crippen LogP contribution in [0.25, 0.3) is 27.9 Å². The molecule has 1 aromatic carbocycles. The number of benzene rings is 1. The van der Waals surface area contributed by atoms with Crippen molar-refractivity contribution in [2.45, 2.75) is 38.8 Å². The van der Waals surface area contributed by atoms with Gasteiger partial charge in [-0.05, 0) is 44.0 Å². The van der Waals surface area contributed by atoms with E-state index in [4.69, 9.17) is 10.7 Å². The summed E-state index contributed by atoms with van der Waals surface area (Å²) in [6.45, 7) is 2.75. The molecule has 0 aliphatic carbocycles. The summed E-state index contributed by atoms with van der Waals surface area (Å²) in [5, 5.41) is 0.886. The smallest absolute Gasteiger partial charge is 0.256 e. The zero-order chi connectivity index (χ0) is 22.4. The molecule has 3 aromatic heterocycles. The van der Waals surface area contributed by atoms with Crippen molar-refractivity contribution in [2.75, 3.05) is 13.1 Å². The summed E-state index contributed by atoms with van der Waals surface area (Å²) < 4.78 is 30.3. The molecular formula is C24H25F2N5O. The number of nitrogens with zero attached hydrogens (tertiary/aromatic N) is 4. The van der Waals surface area contributed by atoms with Crippen molar-refractivity contribution in [2.24, 2.45) is 5.73 Å². The minimum Gasteiger partial charge on any atom is -0.337 e. The highest BCUT2D eigenvalue weighted by Crippen LogP contribution is 2.31. The molecule has 6 nitrogen and oxygen atoms in total. The van der Waals surface area contributed by atoms with Gasteiger partial charge < -0.3 is 19.6 Å². The summed E-state index contributed by atoms with van der Waals surface area (Å²) in [7, 11) is 0. The molecule has 1 saturated heterocycles. The lowest BCUT2D eigenvalue weighted by Crippen LogP contribution is -2.45. The van der Waals surface area contributed by atoms with Gasteiger partial charge in [-0.3, -0.25) is 4.79 Å². The van der Waals surface area contributed by atoms with Crippen LogP contribution < -0.4 is 5.73 Å². The largest absolute Gasteiger partial charge is 0.337 e. The second kappa shape index (κ2) is 8.02. The van der Waals surface area contributed by atoms with E-state index in [1.165, 1.54) is 0 Å². The first-order valence-electron chi connectivity index (χ1n) is 10.8. The van der Waals surface area contributed by atoms with Gasteiger partial charge in [0.25, 0.3) is 12.3 Å². The van der Waals surface area contributed by atoms with Gasteiger partial charge in [-0.15, -0.1) is 0 Å². The fourth-order valence-corrected chi connectivity index (χ4v) is 4.66. The number of fused-ring (bicyclic) bond motifs is 2. The number of para-hydroxylation sites is 1. The third-order valence-electron chi connectivity index (χ3n) is 6.23. The molecule has 1 aliphatic rings. The highest BCUT2D eigenvalue weighted by molar-refractivity contribution is 5.95. The lowest BCUT2D eigenvalue weighted by atomic mass is 10.1. The highest BCUT2D eigenvalue weighted by Gasteiger charge is 2.24. The molecule has 0 spiro atoms. The lowest BCUT2D eigenvalue weighted by molar-refractivity contribution is 0.0708. The third-order valence-corrected chi connectivity index (χ3v) is 6.23. The molecule has 5 rings (SSSR count). The predicted molar refractivity (Wildman–Crippen MR) is 120 cm³/mol. The number of halogens is 2. The van der Waals surface area contributed by atoms with Crippen molar-refractivity contribution in [1.29, 1.82) is 0 Å². The maximum atomic E-state index is 13.4. The van der Waals surface area contributed by atoms with Gasteiger partial charge in [0.1, 0.15) is 11.3 Å². The van der Waals surface area contributed by atoms with Crippen LogP contribution >= 0.6 is 0 Å². The predicted octanol–water partition coefficient (Wildman–Crippen LogP) is 4.09. The molecule has 1 fully saturated rings. The van der Waals surface area contributed by atoms with Crippen LogP contribution in [0.4, 0.5) is 8.78 Å². The second-order valence-corrected chi connectivity index (χ2v) is 8.43. The van der Waals surface area contributed by atoms with E-state index in [1.807, 2.05) is 47.9 Å². The van der Waals surface area contributed by atoms with Gasteiger partial charge >= 0.3 is 0 Å². The second-order valence-electron chi connectivity index (χ2n) is 8.43. The number of nitrogens with two attached hydrogens (primary N) is 1. The maximum absolute atomic E-state index is 13.4. The Morgan fingerprint density at radius 2 is 2.06 bits per heavy atom. The average molecular weight is 437 g/mol. The van der Waals surface area contributed by atoms with E-state index in [0.717, 1.165) is 29.4 Å². The van der Waals surface area contributed by atoms with Crippen LogP contribution in [0.3, 0.4) is 0 Å². The maximum Gasteiger partial charge on any atom is 0.256 e. The molecule has 8 heteroatoms. The molecule has 0 unspecified atom stereocenters.